The minimum atomic E-state index is -4.32. The molecule has 2 aromatic rings. The molecule has 1 aromatic carbocycles. The van der Waals surface area contributed by atoms with Crippen LogP contribution in [0.25, 0.3) is 0 Å². The van der Waals surface area contributed by atoms with Crippen LogP contribution in [0.2, 0.25) is 0 Å². The van der Waals surface area contributed by atoms with E-state index in [0.717, 1.165) is 17.5 Å². The Labute approximate surface area is 119 Å². The van der Waals surface area contributed by atoms with E-state index in [1.165, 1.54) is 17.9 Å². The Morgan fingerprint density at radius 3 is 2.65 bits per heavy atom. The van der Waals surface area contributed by atoms with E-state index in [-0.39, 0.29) is 5.56 Å². The largest absolute Gasteiger partial charge is 0.416 e. The van der Waals surface area contributed by atoms with Gasteiger partial charge in [0.15, 0.2) is 0 Å². The van der Waals surface area contributed by atoms with Gasteiger partial charge in [0.2, 0.25) is 0 Å². The summed E-state index contributed by atoms with van der Waals surface area (Å²) in [7, 11) is 0. The smallest absolute Gasteiger partial charge is 0.378 e. The van der Waals surface area contributed by atoms with Crippen LogP contribution in [0.15, 0.2) is 24.4 Å². The number of nitrogens with one attached hydrogen (secondary N) is 1. The van der Waals surface area contributed by atoms with Gasteiger partial charge >= 0.3 is 6.18 Å². The van der Waals surface area contributed by atoms with Crippen LogP contribution < -0.4 is 5.32 Å². The van der Waals surface area contributed by atoms with Crippen LogP contribution in [0.5, 0.6) is 0 Å². The van der Waals surface area contributed by atoms with Gasteiger partial charge in [0.25, 0.3) is 0 Å². The summed E-state index contributed by atoms with van der Waals surface area (Å²) in [4.78, 5) is 5.41. The fourth-order valence-corrected chi connectivity index (χ4v) is 2.70. The average Bonchev–Trinajstić information content (AvgIpc) is 2.84. The van der Waals surface area contributed by atoms with Gasteiger partial charge in [0.05, 0.1) is 12.1 Å². The SMILES string of the molecule is CCc1cnc(CNc2cccc(C(F)(F)F)c2C)s1. The second-order valence-corrected chi connectivity index (χ2v) is 5.60. The number of anilines is 1. The molecule has 0 saturated carbocycles. The molecule has 0 unspecified atom stereocenters. The number of halogens is 3. The standard InChI is InChI=1S/C14H15F3N2S/c1-3-10-7-19-13(20-10)8-18-12-6-4-5-11(9(12)2)14(15,16)17/h4-7,18H,3,8H2,1-2H3. The van der Waals surface area contributed by atoms with Crippen molar-refractivity contribution < 1.29 is 13.2 Å². The first-order chi connectivity index (χ1) is 9.41. The highest BCUT2D eigenvalue weighted by Crippen LogP contribution is 2.34. The van der Waals surface area contributed by atoms with Gasteiger partial charge in [-0.15, -0.1) is 11.3 Å². The van der Waals surface area contributed by atoms with Crippen molar-refractivity contribution in [1.82, 2.24) is 4.98 Å². The highest BCUT2D eigenvalue weighted by atomic mass is 32.1. The van der Waals surface area contributed by atoms with Crippen LogP contribution in [-0.2, 0) is 19.1 Å². The summed E-state index contributed by atoms with van der Waals surface area (Å²) in [6, 6.07) is 4.16. The number of benzene rings is 1. The fraction of sp³-hybridized carbons (Fsp3) is 0.357. The van der Waals surface area contributed by atoms with Crippen molar-refractivity contribution in [2.24, 2.45) is 0 Å². The van der Waals surface area contributed by atoms with Crippen molar-refractivity contribution in [3.05, 3.63) is 45.4 Å². The first kappa shape index (κ1) is 14.8. The van der Waals surface area contributed by atoms with E-state index in [4.69, 9.17) is 0 Å². The third-order valence-electron chi connectivity index (χ3n) is 3.02. The predicted molar refractivity (Wildman–Crippen MR) is 75.0 cm³/mol. The molecule has 1 N–H and O–H groups in total. The normalized spacial score (nSPS) is 11.7. The number of hydrogen-bond donors (Lipinski definition) is 1. The van der Waals surface area contributed by atoms with Crippen molar-refractivity contribution in [3.8, 4) is 0 Å². The summed E-state index contributed by atoms with van der Waals surface area (Å²) >= 11 is 1.57. The molecule has 1 aromatic heterocycles. The van der Waals surface area contributed by atoms with Crippen molar-refractivity contribution in [2.45, 2.75) is 33.0 Å². The van der Waals surface area contributed by atoms with E-state index in [1.807, 2.05) is 6.92 Å². The quantitative estimate of drug-likeness (QED) is 0.889. The van der Waals surface area contributed by atoms with Crippen molar-refractivity contribution in [1.29, 1.82) is 0 Å². The van der Waals surface area contributed by atoms with Crippen molar-refractivity contribution in [2.75, 3.05) is 5.32 Å². The topological polar surface area (TPSA) is 24.9 Å². The summed E-state index contributed by atoms with van der Waals surface area (Å²) in [5, 5.41) is 3.90. The molecule has 0 radical (unpaired) electrons. The molecule has 2 rings (SSSR count). The van der Waals surface area contributed by atoms with Gasteiger partial charge in [0.1, 0.15) is 5.01 Å². The number of nitrogens with zero attached hydrogens (tertiary/aromatic N) is 1. The molecule has 6 heteroatoms. The number of alkyl halides is 3. The minimum Gasteiger partial charge on any atom is -0.378 e. The molecule has 0 fully saturated rings. The maximum absolute atomic E-state index is 12.8. The summed E-state index contributed by atoms with van der Waals surface area (Å²) in [6.45, 7) is 3.96. The van der Waals surface area contributed by atoms with Crippen LogP contribution in [-0.4, -0.2) is 4.98 Å². The number of hydrogen-bond acceptors (Lipinski definition) is 3. The lowest BCUT2D eigenvalue weighted by molar-refractivity contribution is -0.138. The molecular weight excluding hydrogens is 285 g/mol. The summed E-state index contributed by atoms with van der Waals surface area (Å²) in [5.41, 5.74) is 0.108. The van der Waals surface area contributed by atoms with Crippen LogP contribution in [0.4, 0.5) is 18.9 Å². The molecule has 0 atom stereocenters. The number of aromatic nitrogens is 1. The lowest BCUT2D eigenvalue weighted by atomic mass is 10.1. The second kappa shape index (κ2) is 5.83. The lowest BCUT2D eigenvalue weighted by Crippen LogP contribution is -2.10. The summed E-state index contributed by atoms with van der Waals surface area (Å²) in [5.74, 6) is 0. The average molecular weight is 300 g/mol. The predicted octanol–water partition coefficient (Wildman–Crippen LogP) is 4.64. The van der Waals surface area contributed by atoms with Crippen LogP contribution in [0.1, 0.15) is 27.9 Å². The van der Waals surface area contributed by atoms with Gasteiger partial charge in [-0.1, -0.05) is 13.0 Å². The van der Waals surface area contributed by atoms with E-state index < -0.39 is 11.7 Å². The number of rotatable bonds is 4. The molecule has 0 spiro atoms. The molecule has 2 nitrogen and oxygen atoms in total. The molecule has 0 saturated heterocycles. The van der Waals surface area contributed by atoms with Crippen LogP contribution >= 0.6 is 11.3 Å². The fourth-order valence-electron chi connectivity index (χ4n) is 1.90. The maximum atomic E-state index is 12.8. The monoisotopic (exact) mass is 300 g/mol. The Morgan fingerprint density at radius 1 is 1.30 bits per heavy atom. The van der Waals surface area contributed by atoms with Crippen molar-refractivity contribution >= 4 is 17.0 Å². The molecule has 0 aliphatic carbocycles. The molecule has 1 heterocycles. The Morgan fingerprint density at radius 2 is 2.05 bits per heavy atom. The molecule has 0 aliphatic heterocycles. The highest BCUT2D eigenvalue weighted by Gasteiger charge is 2.32. The van der Waals surface area contributed by atoms with Gasteiger partial charge < -0.3 is 5.32 Å². The molecule has 20 heavy (non-hydrogen) atoms. The Hall–Kier alpha value is -1.56. The Bertz CT molecular complexity index is 590. The maximum Gasteiger partial charge on any atom is 0.416 e. The van der Waals surface area contributed by atoms with Crippen molar-refractivity contribution in [3.63, 3.8) is 0 Å². The number of thiazole rings is 1. The third kappa shape index (κ3) is 3.30. The first-order valence-corrected chi connectivity index (χ1v) is 7.07. The first-order valence-electron chi connectivity index (χ1n) is 6.26. The van der Waals surface area contributed by atoms with E-state index in [9.17, 15) is 13.2 Å². The third-order valence-corrected chi connectivity index (χ3v) is 4.16. The minimum absolute atomic E-state index is 0.215. The molecular formula is C14H15F3N2S. The van der Waals surface area contributed by atoms with Gasteiger partial charge in [-0.25, -0.2) is 4.98 Å². The molecule has 0 amide bonds. The Kier molecular flexibility index (Phi) is 4.32. The lowest BCUT2D eigenvalue weighted by Gasteiger charge is -2.14. The number of aryl methyl sites for hydroxylation is 1. The van der Waals surface area contributed by atoms with Gasteiger partial charge in [-0.05, 0) is 31.0 Å². The van der Waals surface area contributed by atoms with Gasteiger partial charge in [0, 0.05) is 16.8 Å². The molecule has 0 bridgehead atoms. The highest BCUT2D eigenvalue weighted by molar-refractivity contribution is 7.11. The van der Waals surface area contributed by atoms with E-state index in [1.54, 1.807) is 23.6 Å². The van der Waals surface area contributed by atoms with E-state index in [2.05, 4.69) is 10.3 Å². The van der Waals surface area contributed by atoms with E-state index in [0.29, 0.717) is 12.2 Å². The summed E-state index contributed by atoms with van der Waals surface area (Å²) in [6.07, 6.45) is -1.60. The zero-order chi connectivity index (χ0) is 14.8. The zero-order valence-corrected chi connectivity index (χ0v) is 12.0. The summed E-state index contributed by atoms with van der Waals surface area (Å²) < 4.78 is 38.4. The Balaban J connectivity index is 2.14. The van der Waals surface area contributed by atoms with E-state index >= 15 is 0 Å². The van der Waals surface area contributed by atoms with Crippen LogP contribution in [0.3, 0.4) is 0 Å². The second-order valence-electron chi connectivity index (χ2n) is 4.40. The van der Waals surface area contributed by atoms with Gasteiger partial charge in [-0.2, -0.15) is 13.2 Å². The zero-order valence-electron chi connectivity index (χ0n) is 11.2. The molecule has 0 aliphatic rings. The molecule has 108 valence electrons. The van der Waals surface area contributed by atoms with Crippen LogP contribution in [0, 0.1) is 6.92 Å². The van der Waals surface area contributed by atoms with Gasteiger partial charge in [-0.3, -0.25) is 0 Å².